The molecule has 0 saturated heterocycles. The maximum absolute atomic E-state index is 12.6. The molecule has 0 atom stereocenters. The summed E-state index contributed by atoms with van der Waals surface area (Å²) >= 11 is 11.6. The zero-order chi connectivity index (χ0) is 14.2. The molecule has 1 amide bonds. The Hall–Kier alpha value is -1.31. The Balaban J connectivity index is 2.38. The van der Waals surface area contributed by atoms with Crippen LogP contribution >= 0.6 is 23.2 Å². The van der Waals surface area contributed by atoms with Crippen molar-refractivity contribution in [1.29, 1.82) is 5.26 Å². The van der Waals surface area contributed by atoms with Crippen LogP contribution in [-0.4, -0.2) is 27.4 Å². The molecule has 1 aromatic rings. The van der Waals surface area contributed by atoms with Crippen LogP contribution < -0.4 is 0 Å². The molecule has 0 bridgehead atoms. The number of aromatic nitrogens is 1. The Morgan fingerprint density at radius 2 is 1.95 bits per heavy atom. The minimum Gasteiger partial charge on any atom is -0.317 e. The number of nitriles is 1. The molecule has 0 spiro atoms. The van der Waals surface area contributed by atoms with Crippen LogP contribution in [0, 0.1) is 11.3 Å². The van der Waals surface area contributed by atoms with Crippen molar-refractivity contribution in [3.05, 3.63) is 28.0 Å². The number of rotatable bonds is 3. The van der Waals surface area contributed by atoms with Gasteiger partial charge in [0.2, 0.25) is 0 Å². The predicted molar refractivity (Wildman–Crippen MR) is 73.1 cm³/mol. The fraction of sp³-hybridized carbons (Fsp3) is 0.462. The average Bonchev–Trinajstić information content (AvgIpc) is 3.12. The maximum atomic E-state index is 12.6. The van der Waals surface area contributed by atoms with E-state index in [1.165, 1.54) is 12.1 Å². The van der Waals surface area contributed by atoms with Crippen LogP contribution in [0.2, 0.25) is 10.3 Å². The lowest BCUT2D eigenvalue weighted by molar-refractivity contribution is 0.0615. The number of hydrogen-bond acceptors (Lipinski definition) is 3. The minimum atomic E-state index is -0.861. The molecule has 0 unspecified atom stereocenters. The fourth-order valence-electron chi connectivity index (χ4n) is 1.99. The van der Waals surface area contributed by atoms with Crippen LogP contribution in [0.15, 0.2) is 12.1 Å². The van der Waals surface area contributed by atoms with Crippen molar-refractivity contribution in [2.75, 3.05) is 0 Å². The first-order valence-electron chi connectivity index (χ1n) is 5.93. The molecule has 0 radical (unpaired) electrons. The van der Waals surface area contributed by atoms with Gasteiger partial charge in [0.1, 0.15) is 15.8 Å². The average molecular weight is 298 g/mol. The zero-order valence-corrected chi connectivity index (χ0v) is 12.2. The molecule has 0 aliphatic heterocycles. The summed E-state index contributed by atoms with van der Waals surface area (Å²) in [6.07, 6.45) is 1.84. The van der Waals surface area contributed by atoms with E-state index in [-0.39, 0.29) is 22.3 Å². The van der Waals surface area contributed by atoms with Gasteiger partial charge in [0.15, 0.2) is 0 Å². The largest absolute Gasteiger partial charge is 0.317 e. The Kier molecular flexibility index (Phi) is 3.71. The number of carbonyl (C=O) groups excluding carboxylic acids is 1. The second kappa shape index (κ2) is 4.99. The summed E-state index contributed by atoms with van der Waals surface area (Å²) in [7, 11) is 0. The number of halogens is 2. The van der Waals surface area contributed by atoms with Gasteiger partial charge in [0, 0.05) is 11.6 Å². The molecule has 1 heterocycles. The van der Waals surface area contributed by atoms with E-state index in [9.17, 15) is 10.1 Å². The zero-order valence-electron chi connectivity index (χ0n) is 10.7. The molecule has 0 aromatic carbocycles. The van der Waals surface area contributed by atoms with E-state index >= 15 is 0 Å². The second-order valence-electron chi connectivity index (χ2n) is 5.08. The highest BCUT2D eigenvalue weighted by Crippen LogP contribution is 2.34. The molecular formula is C13H13Cl2N3O. The molecule has 0 N–H and O–H groups in total. The smallest absolute Gasteiger partial charge is 0.255 e. The standard InChI is InChI=1S/C13H13Cl2N3O/c1-13(2,7-16)18(9-3-4-9)12(19)8-5-10(14)17-11(15)6-8/h5-6,9H,3-4H2,1-2H3. The van der Waals surface area contributed by atoms with E-state index in [2.05, 4.69) is 11.1 Å². The molecule has 1 fully saturated rings. The first kappa shape index (κ1) is 14.1. The lowest BCUT2D eigenvalue weighted by Gasteiger charge is -2.33. The Morgan fingerprint density at radius 3 is 2.37 bits per heavy atom. The van der Waals surface area contributed by atoms with Gasteiger partial charge in [-0.15, -0.1) is 0 Å². The molecule has 100 valence electrons. The van der Waals surface area contributed by atoms with Crippen molar-refractivity contribution in [2.45, 2.75) is 38.3 Å². The van der Waals surface area contributed by atoms with Gasteiger partial charge in [-0.1, -0.05) is 23.2 Å². The van der Waals surface area contributed by atoms with Gasteiger partial charge in [0.25, 0.3) is 5.91 Å². The summed E-state index contributed by atoms with van der Waals surface area (Å²) < 4.78 is 0. The van der Waals surface area contributed by atoms with Gasteiger partial charge in [-0.2, -0.15) is 5.26 Å². The third-order valence-corrected chi connectivity index (χ3v) is 3.40. The van der Waals surface area contributed by atoms with E-state index < -0.39 is 5.54 Å². The molecule has 4 nitrogen and oxygen atoms in total. The highest BCUT2D eigenvalue weighted by molar-refractivity contribution is 6.33. The highest BCUT2D eigenvalue weighted by atomic mass is 35.5. The number of amides is 1. The lowest BCUT2D eigenvalue weighted by atomic mass is 10.0. The van der Waals surface area contributed by atoms with Gasteiger partial charge in [-0.25, -0.2) is 4.98 Å². The summed E-state index contributed by atoms with van der Waals surface area (Å²) in [4.78, 5) is 18.0. The topological polar surface area (TPSA) is 57.0 Å². The maximum Gasteiger partial charge on any atom is 0.255 e. The van der Waals surface area contributed by atoms with Gasteiger partial charge >= 0.3 is 0 Å². The Bertz CT molecular complexity index is 541. The summed E-state index contributed by atoms with van der Waals surface area (Å²) in [6.45, 7) is 3.46. The van der Waals surface area contributed by atoms with Crippen LogP contribution in [0.3, 0.4) is 0 Å². The van der Waals surface area contributed by atoms with Crippen molar-refractivity contribution in [3.63, 3.8) is 0 Å². The molecule has 2 rings (SSSR count). The van der Waals surface area contributed by atoms with Crippen LogP contribution in [0.5, 0.6) is 0 Å². The van der Waals surface area contributed by atoms with Crippen molar-refractivity contribution >= 4 is 29.1 Å². The third-order valence-electron chi connectivity index (χ3n) is 3.02. The van der Waals surface area contributed by atoms with Crippen LogP contribution in [-0.2, 0) is 0 Å². The van der Waals surface area contributed by atoms with E-state index in [1.54, 1.807) is 18.7 Å². The van der Waals surface area contributed by atoms with E-state index in [0.717, 1.165) is 12.8 Å². The van der Waals surface area contributed by atoms with Crippen molar-refractivity contribution in [2.24, 2.45) is 0 Å². The summed E-state index contributed by atoms with van der Waals surface area (Å²) in [6, 6.07) is 5.23. The first-order chi connectivity index (χ1) is 8.85. The molecule has 1 aliphatic rings. The minimum absolute atomic E-state index is 0.118. The molecule has 1 aromatic heterocycles. The van der Waals surface area contributed by atoms with E-state index in [4.69, 9.17) is 23.2 Å². The Morgan fingerprint density at radius 1 is 1.42 bits per heavy atom. The monoisotopic (exact) mass is 297 g/mol. The number of pyridine rings is 1. The van der Waals surface area contributed by atoms with E-state index in [1.807, 2.05) is 0 Å². The lowest BCUT2D eigenvalue weighted by Crippen LogP contribution is -2.48. The molecule has 6 heteroatoms. The van der Waals surface area contributed by atoms with Gasteiger partial charge in [-0.05, 0) is 38.8 Å². The van der Waals surface area contributed by atoms with Crippen molar-refractivity contribution in [1.82, 2.24) is 9.88 Å². The first-order valence-corrected chi connectivity index (χ1v) is 6.69. The van der Waals surface area contributed by atoms with Gasteiger partial charge < -0.3 is 4.90 Å². The summed E-state index contributed by atoms with van der Waals surface area (Å²) in [5.74, 6) is -0.236. The number of hydrogen-bond donors (Lipinski definition) is 0. The molecule has 19 heavy (non-hydrogen) atoms. The van der Waals surface area contributed by atoms with Crippen LogP contribution in [0.25, 0.3) is 0 Å². The van der Waals surface area contributed by atoms with Crippen LogP contribution in [0.1, 0.15) is 37.0 Å². The second-order valence-corrected chi connectivity index (χ2v) is 5.85. The SMILES string of the molecule is CC(C)(C#N)N(C(=O)c1cc(Cl)nc(Cl)c1)C1CC1. The number of carbonyl (C=O) groups is 1. The Labute approximate surface area is 121 Å². The summed E-state index contributed by atoms with van der Waals surface area (Å²) in [5, 5.41) is 9.57. The normalized spacial score (nSPS) is 14.9. The van der Waals surface area contributed by atoms with E-state index in [0.29, 0.717) is 5.56 Å². The van der Waals surface area contributed by atoms with Gasteiger partial charge in [-0.3, -0.25) is 4.79 Å². The summed E-state index contributed by atoms with van der Waals surface area (Å²) in [5.41, 5.74) is -0.499. The molecule has 1 saturated carbocycles. The fourth-order valence-corrected chi connectivity index (χ4v) is 2.45. The number of nitrogens with zero attached hydrogens (tertiary/aromatic N) is 3. The predicted octanol–water partition coefficient (Wildman–Crippen LogP) is 3.30. The highest BCUT2D eigenvalue weighted by Gasteiger charge is 2.42. The van der Waals surface area contributed by atoms with Crippen molar-refractivity contribution < 1.29 is 4.79 Å². The van der Waals surface area contributed by atoms with Gasteiger partial charge in [0.05, 0.1) is 6.07 Å². The molecular weight excluding hydrogens is 285 g/mol. The quantitative estimate of drug-likeness (QED) is 0.804. The van der Waals surface area contributed by atoms with Crippen LogP contribution in [0.4, 0.5) is 0 Å². The van der Waals surface area contributed by atoms with Crippen molar-refractivity contribution in [3.8, 4) is 6.07 Å². The molecule has 1 aliphatic carbocycles. The third kappa shape index (κ3) is 2.99.